The van der Waals surface area contributed by atoms with Gasteiger partial charge in [0, 0.05) is 16.8 Å². The molecule has 0 saturated carbocycles. The van der Waals surface area contributed by atoms with Gasteiger partial charge in [-0.25, -0.2) is 4.98 Å². The van der Waals surface area contributed by atoms with E-state index >= 15 is 0 Å². The number of rotatable bonds is 6. The van der Waals surface area contributed by atoms with Crippen LogP contribution >= 0.6 is 11.8 Å². The van der Waals surface area contributed by atoms with Gasteiger partial charge in [0.15, 0.2) is 11.5 Å². The Morgan fingerprint density at radius 3 is 2.62 bits per heavy atom. The molecule has 0 spiro atoms. The van der Waals surface area contributed by atoms with Crippen LogP contribution in [0.3, 0.4) is 0 Å². The molecule has 1 aromatic heterocycles. The largest absolute Gasteiger partial charge is 0.493 e. The number of methoxy groups -OCH3 is 2. The molecule has 1 atom stereocenters. The molecule has 0 bridgehead atoms. The highest BCUT2D eigenvalue weighted by atomic mass is 32.2. The SMILES string of the molecule is COc1cc2ccnc(SC(C)CC(=O)O)c2cc1OC. The number of nitrogens with zero attached hydrogens (tertiary/aromatic N) is 1. The van der Waals surface area contributed by atoms with E-state index in [-0.39, 0.29) is 11.7 Å². The Kier molecular flexibility index (Phi) is 4.90. The van der Waals surface area contributed by atoms with Gasteiger partial charge in [-0.3, -0.25) is 4.79 Å². The van der Waals surface area contributed by atoms with Crippen LogP contribution in [0, 0.1) is 0 Å². The average molecular weight is 307 g/mol. The molecule has 2 aromatic rings. The highest BCUT2D eigenvalue weighted by Crippen LogP contribution is 2.37. The first-order valence-corrected chi connectivity index (χ1v) is 7.32. The number of hydrogen-bond donors (Lipinski definition) is 1. The van der Waals surface area contributed by atoms with Crippen LogP contribution in [0.25, 0.3) is 10.8 Å². The Morgan fingerprint density at radius 2 is 2.00 bits per heavy atom. The van der Waals surface area contributed by atoms with E-state index in [9.17, 15) is 4.79 Å². The van der Waals surface area contributed by atoms with Gasteiger partial charge < -0.3 is 14.6 Å². The van der Waals surface area contributed by atoms with Crippen molar-refractivity contribution in [3.05, 3.63) is 24.4 Å². The summed E-state index contributed by atoms with van der Waals surface area (Å²) >= 11 is 1.45. The second kappa shape index (κ2) is 6.67. The van der Waals surface area contributed by atoms with Gasteiger partial charge in [-0.2, -0.15) is 0 Å². The Morgan fingerprint density at radius 1 is 1.33 bits per heavy atom. The standard InChI is InChI=1S/C15H17NO4S/c1-9(6-14(17)18)21-15-11-8-13(20-3)12(19-2)7-10(11)4-5-16-15/h4-5,7-9H,6H2,1-3H3,(H,17,18). The fraction of sp³-hybridized carbons (Fsp3) is 0.333. The topological polar surface area (TPSA) is 68.7 Å². The van der Waals surface area contributed by atoms with Crippen molar-refractivity contribution < 1.29 is 19.4 Å². The van der Waals surface area contributed by atoms with Gasteiger partial charge in [0.1, 0.15) is 5.03 Å². The molecule has 1 unspecified atom stereocenters. The number of carboxylic acids is 1. The lowest BCUT2D eigenvalue weighted by molar-refractivity contribution is -0.136. The highest BCUT2D eigenvalue weighted by molar-refractivity contribution is 8.00. The zero-order valence-corrected chi connectivity index (χ0v) is 12.9. The van der Waals surface area contributed by atoms with Crippen LogP contribution in [0.15, 0.2) is 29.4 Å². The van der Waals surface area contributed by atoms with Gasteiger partial charge in [0.25, 0.3) is 0 Å². The van der Waals surface area contributed by atoms with E-state index in [1.165, 1.54) is 11.8 Å². The monoisotopic (exact) mass is 307 g/mol. The smallest absolute Gasteiger partial charge is 0.304 e. The van der Waals surface area contributed by atoms with Crippen molar-refractivity contribution in [1.82, 2.24) is 4.98 Å². The van der Waals surface area contributed by atoms with Crippen molar-refractivity contribution in [3.63, 3.8) is 0 Å². The van der Waals surface area contributed by atoms with Crippen molar-refractivity contribution >= 4 is 28.5 Å². The van der Waals surface area contributed by atoms with Crippen molar-refractivity contribution in [3.8, 4) is 11.5 Å². The third-order valence-corrected chi connectivity index (χ3v) is 4.12. The summed E-state index contributed by atoms with van der Waals surface area (Å²) in [6.07, 6.45) is 1.81. The lowest BCUT2D eigenvalue weighted by atomic mass is 10.1. The summed E-state index contributed by atoms with van der Waals surface area (Å²) in [4.78, 5) is 15.1. The summed E-state index contributed by atoms with van der Waals surface area (Å²) in [6.45, 7) is 1.88. The molecule has 21 heavy (non-hydrogen) atoms. The molecule has 1 heterocycles. The predicted octanol–water partition coefficient (Wildman–Crippen LogP) is 3.21. The molecular weight excluding hydrogens is 290 g/mol. The third-order valence-electron chi connectivity index (χ3n) is 3.01. The summed E-state index contributed by atoms with van der Waals surface area (Å²) in [7, 11) is 3.18. The minimum Gasteiger partial charge on any atom is -0.493 e. The average Bonchev–Trinajstić information content (AvgIpc) is 2.45. The lowest BCUT2D eigenvalue weighted by Crippen LogP contribution is -2.05. The lowest BCUT2D eigenvalue weighted by Gasteiger charge is -2.13. The van der Waals surface area contributed by atoms with Gasteiger partial charge >= 0.3 is 5.97 Å². The summed E-state index contributed by atoms with van der Waals surface area (Å²) in [5, 5.41) is 11.5. The highest BCUT2D eigenvalue weighted by Gasteiger charge is 2.14. The number of aromatic nitrogens is 1. The first-order valence-electron chi connectivity index (χ1n) is 6.44. The maximum Gasteiger partial charge on any atom is 0.304 e. The Bertz CT molecular complexity index is 659. The number of carboxylic acid groups (broad SMARTS) is 1. The molecule has 1 aromatic carbocycles. The van der Waals surface area contributed by atoms with Crippen LogP contribution < -0.4 is 9.47 Å². The summed E-state index contributed by atoms with van der Waals surface area (Å²) in [6, 6.07) is 5.65. The fourth-order valence-electron chi connectivity index (χ4n) is 2.04. The number of aliphatic carboxylic acids is 1. The fourth-order valence-corrected chi connectivity index (χ4v) is 3.08. The first kappa shape index (κ1) is 15.4. The first-order chi connectivity index (χ1) is 10.0. The van der Waals surface area contributed by atoms with Crippen LogP contribution in [0.1, 0.15) is 13.3 Å². The van der Waals surface area contributed by atoms with E-state index < -0.39 is 5.97 Å². The van der Waals surface area contributed by atoms with Crippen LogP contribution in [-0.4, -0.2) is 35.5 Å². The predicted molar refractivity (Wildman–Crippen MR) is 82.4 cm³/mol. The Labute approximate surface area is 127 Å². The number of carbonyl (C=O) groups is 1. The maximum atomic E-state index is 10.8. The zero-order valence-electron chi connectivity index (χ0n) is 12.1. The summed E-state index contributed by atoms with van der Waals surface area (Å²) in [5.41, 5.74) is 0. The van der Waals surface area contributed by atoms with E-state index in [1.54, 1.807) is 20.4 Å². The number of fused-ring (bicyclic) bond motifs is 1. The van der Waals surface area contributed by atoms with E-state index in [4.69, 9.17) is 14.6 Å². The van der Waals surface area contributed by atoms with Crippen molar-refractivity contribution in [2.75, 3.05) is 14.2 Å². The van der Waals surface area contributed by atoms with Gasteiger partial charge in [-0.05, 0) is 23.6 Å². The van der Waals surface area contributed by atoms with Crippen LogP contribution in [0.4, 0.5) is 0 Å². The van der Waals surface area contributed by atoms with Crippen LogP contribution in [0.5, 0.6) is 11.5 Å². The normalized spacial score (nSPS) is 12.1. The minimum atomic E-state index is -0.811. The molecule has 112 valence electrons. The molecule has 5 nitrogen and oxygen atoms in total. The second-order valence-corrected chi connectivity index (χ2v) is 6.00. The molecule has 0 radical (unpaired) electrons. The number of thioether (sulfide) groups is 1. The molecule has 0 amide bonds. The minimum absolute atomic E-state index is 0.0614. The van der Waals surface area contributed by atoms with Crippen molar-refractivity contribution in [2.24, 2.45) is 0 Å². The molecule has 0 aliphatic heterocycles. The molecule has 0 saturated heterocycles. The molecule has 1 N–H and O–H groups in total. The van der Waals surface area contributed by atoms with Crippen molar-refractivity contribution in [1.29, 1.82) is 0 Å². The van der Waals surface area contributed by atoms with E-state index in [2.05, 4.69) is 4.98 Å². The van der Waals surface area contributed by atoms with Crippen molar-refractivity contribution in [2.45, 2.75) is 23.6 Å². The Balaban J connectivity index is 2.42. The van der Waals surface area contributed by atoms with E-state index in [0.29, 0.717) is 11.5 Å². The second-order valence-electron chi connectivity index (χ2n) is 4.57. The Hall–Kier alpha value is -1.95. The zero-order chi connectivity index (χ0) is 15.4. The van der Waals surface area contributed by atoms with Crippen LogP contribution in [0.2, 0.25) is 0 Å². The number of ether oxygens (including phenoxy) is 2. The maximum absolute atomic E-state index is 10.8. The molecule has 0 fully saturated rings. The molecule has 2 rings (SSSR count). The number of hydrogen-bond acceptors (Lipinski definition) is 5. The molecule has 0 aliphatic rings. The summed E-state index contributed by atoms with van der Waals surface area (Å²) in [5.74, 6) is 0.478. The van der Waals surface area contributed by atoms with Gasteiger partial charge in [0.2, 0.25) is 0 Å². The molecular formula is C15H17NO4S. The summed E-state index contributed by atoms with van der Waals surface area (Å²) < 4.78 is 10.6. The number of pyridine rings is 1. The van der Waals surface area contributed by atoms with Gasteiger partial charge in [0.05, 0.1) is 20.6 Å². The third kappa shape index (κ3) is 3.58. The van der Waals surface area contributed by atoms with Gasteiger partial charge in [-0.1, -0.05) is 6.92 Å². The van der Waals surface area contributed by atoms with Crippen LogP contribution in [-0.2, 0) is 4.79 Å². The van der Waals surface area contributed by atoms with E-state index in [1.807, 2.05) is 25.1 Å². The van der Waals surface area contributed by atoms with Gasteiger partial charge in [-0.15, -0.1) is 11.8 Å². The number of benzene rings is 1. The molecule has 0 aliphatic carbocycles. The van der Waals surface area contributed by atoms with E-state index in [0.717, 1.165) is 15.8 Å². The quantitative estimate of drug-likeness (QED) is 0.827. The molecule has 6 heteroatoms.